The van der Waals surface area contributed by atoms with Gasteiger partial charge < -0.3 is 10.1 Å². The molecular weight excluding hydrogens is 210 g/mol. The zero-order valence-corrected chi connectivity index (χ0v) is 11.5. The Kier molecular flexibility index (Phi) is 6.06. The van der Waals surface area contributed by atoms with E-state index in [1.54, 1.807) is 7.11 Å². The van der Waals surface area contributed by atoms with E-state index in [0.717, 1.165) is 18.2 Å². The third kappa shape index (κ3) is 4.78. The van der Waals surface area contributed by atoms with Crippen LogP contribution in [0.1, 0.15) is 45.2 Å². The molecule has 17 heavy (non-hydrogen) atoms. The molecule has 0 spiro atoms. The van der Waals surface area contributed by atoms with Gasteiger partial charge in [0.15, 0.2) is 0 Å². The molecule has 0 saturated carbocycles. The van der Waals surface area contributed by atoms with Gasteiger partial charge in [-0.25, -0.2) is 0 Å². The molecule has 0 fully saturated rings. The zero-order chi connectivity index (χ0) is 12.7. The lowest BCUT2D eigenvalue weighted by Crippen LogP contribution is -2.24. The van der Waals surface area contributed by atoms with Gasteiger partial charge in [-0.1, -0.05) is 32.4 Å². The molecule has 2 nitrogen and oxygen atoms in total. The van der Waals surface area contributed by atoms with Crippen molar-refractivity contribution >= 4 is 0 Å². The quantitative estimate of drug-likeness (QED) is 0.776. The highest BCUT2D eigenvalue weighted by Gasteiger charge is 2.07. The van der Waals surface area contributed by atoms with E-state index >= 15 is 0 Å². The highest BCUT2D eigenvalue weighted by Crippen LogP contribution is 2.17. The highest BCUT2D eigenvalue weighted by molar-refractivity contribution is 5.28. The van der Waals surface area contributed by atoms with Crippen molar-refractivity contribution in [2.75, 3.05) is 13.7 Å². The molecule has 2 atom stereocenters. The highest BCUT2D eigenvalue weighted by atomic mass is 16.5. The van der Waals surface area contributed by atoms with Gasteiger partial charge in [0, 0.05) is 6.04 Å². The molecule has 0 radical (unpaired) electrons. The van der Waals surface area contributed by atoms with E-state index in [-0.39, 0.29) is 0 Å². The van der Waals surface area contributed by atoms with Crippen molar-refractivity contribution in [3.05, 3.63) is 29.8 Å². The van der Waals surface area contributed by atoms with Gasteiger partial charge in [0.1, 0.15) is 5.75 Å². The summed E-state index contributed by atoms with van der Waals surface area (Å²) in [6.07, 6.45) is 2.56. The normalized spacial score (nSPS) is 14.4. The molecule has 0 aromatic heterocycles. The Bertz CT molecular complexity index is 307. The van der Waals surface area contributed by atoms with E-state index in [1.165, 1.54) is 18.4 Å². The lowest BCUT2D eigenvalue weighted by molar-refractivity contribution is 0.413. The van der Waals surface area contributed by atoms with E-state index in [9.17, 15) is 0 Å². The van der Waals surface area contributed by atoms with Crippen LogP contribution in [-0.2, 0) is 0 Å². The minimum Gasteiger partial charge on any atom is -0.497 e. The van der Waals surface area contributed by atoms with E-state index < -0.39 is 0 Å². The maximum Gasteiger partial charge on any atom is 0.118 e. The average Bonchev–Trinajstić information content (AvgIpc) is 2.36. The molecule has 0 heterocycles. The van der Waals surface area contributed by atoms with Crippen molar-refractivity contribution in [3.8, 4) is 5.75 Å². The maximum absolute atomic E-state index is 5.16. The molecule has 1 aromatic carbocycles. The predicted molar refractivity (Wildman–Crippen MR) is 73.5 cm³/mol. The molecule has 0 aliphatic heterocycles. The first-order valence-corrected chi connectivity index (χ1v) is 6.54. The first-order chi connectivity index (χ1) is 8.17. The molecular formula is C15H25NO. The number of nitrogens with one attached hydrogen (secondary N) is 1. The Balaban J connectivity index is 2.43. The Hall–Kier alpha value is -1.02. The summed E-state index contributed by atoms with van der Waals surface area (Å²) < 4.78 is 5.16. The van der Waals surface area contributed by atoms with Crippen molar-refractivity contribution in [1.82, 2.24) is 5.32 Å². The van der Waals surface area contributed by atoms with Gasteiger partial charge >= 0.3 is 0 Å². The van der Waals surface area contributed by atoms with Crippen LogP contribution >= 0.6 is 0 Å². The van der Waals surface area contributed by atoms with Crippen molar-refractivity contribution < 1.29 is 4.74 Å². The molecule has 1 unspecified atom stereocenters. The van der Waals surface area contributed by atoms with E-state index in [0.29, 0.717) is 6.04 Å². The third-order valence-corrected chi connectivity index (χ3v) is 3.17. The SMILES string of the molecule is CCCC(C)CN[C@H](C)c1ccc(OC)cc1. The topological polar surface area (TPSA) is 21.3 Å². The summed E-state index contributed by atoms with van der Waals surface area (Å²) in [6.45, 7) is 7.84. The molecule has 0 bridgehead atoms. The molecule has 1 aromatic rings. The molecule has 0 aliphatic carbocycles. The number of ether oxygens (including phenoxy) is 1. The van der Waals surface area contributed by atoms with Crippen LogP contribution in [0.5, 0.6) is 5.75 Å². The monoisotopic (exact) mass is 235 g/mol. The molecule has 0 saturated heterocycles. The summed E-state index contributed by atoms with van der Waals surface area (Å²) >= 11 is 0. The number of methoxy groups -OCH3 is 1. The van der Waals surface area contributed by atoms with Gasteiger partial charge in [0.2, 0.25) is 0 Å². The molecule has 1 rings (SSSR count). The first kappa shape index (κ1) is 14.0. The number of hydrogen-bond acceptors (Lipinski definition) is 2. The minimum absolute atomic E-state index is 0.403. The van der Waals surface area contributed by atoms with Crippen LogP contribution in [0.3, 0.4) is 0 Å². The van der Waals surface area contributed by atoms with Crippen LogP contribution in [0.2, 0.25) is 0 Å². The van der Waals surface area contributed by atoms with Crippen LogP contribution in [0.15, 0.2) is 24.3 Å². The lowest BCUT2D eigenvalue weighted by atomic mass is 10.0. The summed E-state index contributed by atoms with van der Waals surface area (Å²) in [4.78, 5) is 0. The maximum atomic E-state index is 5.16. The Morgan fingerprint density at radius 3 is 2.35 bits per heavy atom. The Morgan fingerprint density at radius 1 is 1.18 bits per heavy atom. The van der Waals surface area contributed by atoms with Crippen molar-refractivity contribution in [2.24, 2.45) is 5.92 Å². The van der Waals surface area contributed by atoms with Crippen molar-refractivity contribution in [3.63, 3.8) is 0 Å². The second kappa shape index (κ2) is 7.33. The summed E-state index contributed by atoms with van der Waals surface area (Å²) in [5, 5.41) is 3.58. The average molecular weight is 235 g/mol. The van der Waals surface area contributed by atoms with Gasteiger partial charge in [-0.2, -0.15) is 0 Å². The number of rotatable bonds is 7. The van der Waals surface area contributed by atoms with Gasteiger partial charge in [-0.15, -0.1) is 0 Å². The van der Waals surface area contributed by atoms with Crippen molar-refractivity contribution in [2.45, 2.75) is 39.7 Å². The zero-order valence-electron chi connectivity index (χ0n) is 11.5. The van der Waals surface area contributed by atoms with Gasteiger partial charge in [0.05, 0.1) is 7.11 Å². The van der Waals surface area contributed by atoms with Gasteiger partial charge in [-0.05, 0) is 43.5 Å². The summed E-state index contributed by atoms with van der Waals surface area (Å²) in [7, 11) is 1.70. The van der Waals surface area contributed by atoms with E-state index in [1.807, 2.05) is 12.1 Å². The fourth-order valence-corrected chi connectivity index (χ4v) is 1.98. The van der Waals surface area contributed by atoms with Crippen LogP contribution in [0.4, 0.5) is 0 Å². The third-order valence-electron chi connectivity index (χ3n) is 3.17. The Labute approximate surface area is 105 Å². The lowest BCUT2D eigenvalue weighted by Gasteiger charge is -2.18. The van der Waals surface area contributed by atoms with Crippen molar-refractivity contribution in [1.29, 1.82) is 0 Å². The molecule has 0 amide bonds. The molecule has 96 valence electrons. The van der Waals surface area contributed by atoms with E-state index in [4.69, 9.17) is 4.74 Å². The standard InChI is InChI=1S/C15H25NO/c1-5-6-12(2)11-16-13(3)14-7-9-15(17-4)10-8-14/h7-10,12-13,16H,5-6,11H2,1-4H3/t12?,13-/m1/s1. The summed E-state index contributed by atoms with van der Waals surface area (Å²) in [6, 6.07) is 8.69. The minimum atomic E-state index is 0.403. The summed E-state index contributed by atoms with van der Waals surface area (Å²) in [5.41, 5.74) is 1.31. The fourth-order valence-electron chi connectivity index (χ4n) is 1.98. The van der Waals surface area contributed by atoms with Gasteiger partial charge in [0.25, 0.3) is 0 Å². The predicted octanol–water partition coefficient (Wildman–Crippen LogP) is 3.78. The second-order valence-electron chi connectivity index (χ2n) is 4.80. The van der Waals surface area contributed by atoms with E-state index in [2.05, 4.69) is 38.2 Å². The van der Waals surface area contributed by atoms with Crippen LogP contribution in [0.25, 0.3) is 0 Å². The molecule has 1 N–H and O–H groups in total. The smallest absolute Gasteiger partial charge is 0.118 e. The van der Waals surface area contributed by atoms with Crippen LogP contribution in [0, 0.1) is 5.92 Å². The number of hydrogen-bond donors (Lipinski definition) is 1. The first-order valence-electron chi connectivity index (χ1n) is 6.54. The molecule has 0 aliphatic rings. The van der Waals surface area contributed by atoms with Crippen LogP contribution in [-0.4, -0.2) is 13.7 Å². The molecule has 2 heteroatoms. The largest absolute Gasteiger partial charge is 0.497 e. The number of benzene rings is 1. The second-order valence-corrected chi connectivity index (χ2v) is 4.80. The van der Waals surface area contributed by atoms with Gasteiger partial charge in [-0.3, -0.25) is 0 Å². The Morgan fingerprint density at radius 2 is 1.82 bits per heavy atom. The van der Waals surface area contributed by atoms with Crippen LogP contribution < -0.4 is 10.1 Å². The fraction of sp³-hybridized carbons (Fsp3) is 0.600. The summed E-state index contributed by atoms with van der Waals surface area (Å²) in [5.74, 6) is 1.67.